The summed E-state index contributed by atoms with van der Waals surface area (Å²) in [7, 11) is 0. The molecule has 1 aliphatic rings. The topological polar surface area (TPSA) is 71.3 Å². The lowest BCUT2D eigenvalue weighted by Gasteiger charge is -2.33. The molecule has 0 aromatic carbocycles. The van der Waals surface area contributed by atoms with Gasteiger partial charge in [0.25, 0.3) is 5.91 Å². The van der Waals surface area contributed by atoms with Crippen molar-refractivity contribution < 1.29 is 9.32 Å². The van der Waals surface area contributed by atoms with Gasteiger partial charge in [0.2, 0.25) is 0 Å². The van der Waals surface area contributed by atoms with Gasteiger partial charge in [-0.15, -0.1) is 0 Å². The molecule has 6 heteroatoms. The third-order valence-corrected chi connectivity index (χ3v) is 3.99. The van der Waals surface area contributed by atoms with Gasteiger partial charge in [0, 0.05) is 25.3 Å². The number of aromatic nitrogens is 2. The van der Waals surface area contributed by atoms with Crippen molar-refractivity contribution in [2.24, 2.45) is 0 Å². The quantitative estimate of drug-likeness (QED) is 0.939. The standard InChI is InChI=1S/C16H20N4O2/c1-11-15(12(2)22-19-11)16(21)18-13-6-5-9-20(10-13)14-7-3-4-8-17-14/h3-4,7-8,13H,5-6,9-10H2,1-2H3,(H,18,21)/t13-/m0/s1. The molecule has 0 spiro atoms. The van der Waals surface area contributed by atoms with Crippen LogP contribution in [0.4, 0.5) is 5.82 Å². The van der Waals surface area contributed by atoms with Crippen LogP contribution >= 0.6 is 0 Å². The van der Waals surface area contributed by atoms with Gasteiger partial charge in [0.05, 0.1) is 5.69 Å². The third-order valence-electron chi connectivity index (χ3n) is 3.99. The second kappa shape index (κ2) is 6.17. The van der Waals surface area contributed by atoms with Gasteiger partial charge in [-0.1, -0.05) is 11.2 Å². The third kappa shape index (κ3) is 2.95. The molecule has 1 saturated heterocycles. The van der Waals surface area contributed by atoms with Gasteiger partial charge in [0.1, 0.15) is 17.1 Å². The number of nitrogens with zero attached hydrogens (tertiary/aromatic N) is 3. The van der Waals surface area contributed by atoms with Crippen molar-refractivity contribution in [2.75, 3.05) is 18.0 Å². The van der Waals surface area contributed by atoms with E-state index in [1.807, 2.05) is 18.2 Å². The maximum Gasteiger partial charge on any atom is 0.257 e. The summed E-state index contributed by atoms with van der Waals surface area (Å²) in [6, 6.07) is 5.99. The first kappa shape index (κ1) is 14.6. The average molecular weight is 300 g/mol. The molecule has 22 heavy (non-hydrogen) atoms. The summed E-state index contributed by atoms with van der Waals surface area (Å²) in [5.41, 5.74) is 1.18. The van der Waals surface area contributed by atoms with Crippen LogP contribution in [0.25, 0.3) is 0 Å². The van der Waals surface area contributed by atoms with Crippen LogP contribution in [0.5, 0.6) is 0 Å². The number of pyridine rings is 1. The number of nitrogens with one attached hydrogen (secondary N) is 1. The Kier molecular flexibility index (Phi) is 4.09. The molecular weight excluding hydrogens is 280 g/mol. The van der Waals surface area contributed by atoms with Gasteiger partial charge in [-0.3, -0.25) is 4.79 Å². The zero-order valence-electron chi connectivity index (χ0n) is 12.9. The molecular formula is C16H20N4O2. The van der Waals surface area contributed by atoms with Crippen molar-refractivity contribution in [3.8, 4) is 0 Å². The van der Waals surface area contributed by atoms with Crippen molar-refractivity contribution in [3.63, 3.8) is 0 Å². The molecule has 0 unspecified atom stereocenters. The van der Waals surface area contributed by atoms with Crippen molar-refractivity contribution in [3.05, 3.63) is 41.4 Å². The number of carbonyl (C=O) groups excluding carboxylic acids is 1. The Labute approximate surface area is 129 Å². The number of hydrogen-bond donors (Lipinski definition) is 1. The molecule has 0 bridgehead atoms. The summed E-state index contributed by atoms with van der Waals surface area (Å²) in [6.45, 7) is 5.28. The smallest absolute Gasteiger partial charge is 0.257 e. The summed E-state index contributed by atoms with van der Waals surface area (Å²) in [5, 5.41) is 6.93. The summed E-state index contributed by atoms with van der Waals surface area (Å²) >= 11 is 0. The van der Waals surface area contributed by atoms with Crippen LogP contribution in [-0.2, 0) is 0 Å². The van der Waals surface area contributed by atoms with Gasteiger partial charge in [0.15, 0.2) is 0 Å². The number of rotatable bonds is 3. The molecule has 2 aromatic heterocycles. The van der Waals surface area contributed by atoms with Gasteiger partial charge >= 0.3 is 0 Å². The Balaban J connectivity index is 1.67. The van der Waals surface area contributed by atoms with Gasteiger partial charge < -0.3 is 14.7 Å². The van der Waals surface area contributed by atoms with Crippen LogP contribution in [0.2, 0.25) is 0 Å². The first-order valence-corrected chi connectivity index (χ1v) is 7.55. The lowest BCUT2D eigenvalue weighted by atomic mass is 10.0. The van der Waals surface area contributed by atoms with E-state index in [1.165, 1.54) is 0 Å². The van der Waals surface area contributed by atoms with E-state index in [9.17, 15) is 4.79 Å². The predicted octanol–water partition coefficient (Wildman–Crippen LogP) is 2.09. The number of aryl methyl sites for hydroxylation is 2. The zero-order valence-corrected chi connectivity index (χ0v) is 12.9. The molecule has 116 valence electrons. The summed E-state index contributed by atoms with van der Waals surface area (Å²) in [6.07, 6.45) is 3.79. The molecule has 0 saturated carbocycles. The summed E-state index contributed by atoms with van der Waals surface area (Å²) in [5.74, 6) is 1.41. The molecule has 1 atom stereocenters. The fourth-order valence-corrected chi connectivity index (χ4v) is 2.91. The number of amides is 1. The van der Waals surface area contributed by atoms with E-state index in [0.29, 0.717) is 17.0 Å². The Morgan fingerprint density at radius 2 is 2.27 bits per heavy atom. The molecule has 6 nitrogen and oxygen atoms in total. The molecule has 0 aliphatic carbocycles. The Morgan fingerprint density at radius 1 is 1.41 bits per heavy atom. The highest BCUT2D eigenvalue weighted by atomic mass is 16.5. The van der Waals surface area contributed by atoms with Crippen molar-refractivity contribution >= 4 is 11.7 Å². The van der Waals surface area contributed by atoms with Crippen LogP contribution in [0, 0.1) is 13.8 Å². The Bertz CT molecular complexity index is 634. The van der Waals surface area contributed by atoms with E-state index in [4.69, 9.17) is 4.52 Å². The van der Waals surface area contributed by atoms with Crippen LogP contribution in [0.15, 0.2) is 28.9 Å². The highest BCUT2D eigenvalue weighted by Crippen LogP contribution is 2.18. The normalized spacial score (nSPS) is 18.3. The highest BCUT2D eigenvalue weighted by molar-refractivity contribution is 5.96. The lowest BCUT2D eigenvalue weighted by molar-refractivity contribution is 0.0931. The molecule has 1 fully saturated rings. The summed E-state index contributed by atoms with van der Waals surface area (Å²) in [4.78, 5) is 19.0. The van der Waals surface area contributed by atoms with Crippen LogP contribution in [0.3, 0.4) is 0 Å². The number of piperidine rings is 1. The molecule has 2 aromatic rings. The van der Waals surface area contributed by atoms with E-state index in [0.717, 1.165) is 31.7 Å². The minimum Gasteiger partial charge on any atom is -0.361 e. The minimum absolute atomic E-state index is 0.107. The lowest BCUT2D eigenvalue weighted by Crippen LogP contribution is -2.48. The SMILES string of the molecule is Cc1noc(C)c1C(=O)N[C@H]1CCCN(c2ccccn2)C1. The maximum absolute atomic E-state index is 12.4. The Hall–Kier alpha value is -2.37. The molecule has 3 rings (SSSR count). The first-order valence-electron chi connectivity index (χ1n) is 7.55. The van der Waals surface area contributed by atoms with Gasteiger partial charge in [-0.2, -0.15) is 0 Å². The predicted molar refractivity (Wildman–Crippen MR) is 82.9 cm³/mol. The number of carbonyl (C=O) groups is 1. The van der Waals surface area contributed by atoms with Crippen molar-refractivity contribution in [1.82, 2.24) is 15.5 Å². The Morgan fingerprint density at radius 3 is 2.95 bits per heavy atom. The minimum atomic E-state index is -0.107. The van der Waals surface area contributed by atoms with Gasteiger partial charge in [-0.05, 0) is 38.8 Å². The number of anilines is 1. The zero-order chi connectivity index (χ0) is 15.5. The highest BCUT2D eigenvalue weighted by Gasteiger charge is 2.25. The van der Waals surface area contributed by atoms with Crippen LogP contribution in [-0.4, -0.2) is 35.2 Å². The molecule has 1 aliphatic heterocycles. The second-order valence-electron chi connectivity index (χ2n) is 5.65. The molecule has 3 heterocycles. The van der Waals surface area contributed by atoms with Gasteiger partial charge in [-0.25, -0.2) is 4.98 Å². The molecule has 1 N–H and O–H groups in total. The van der Waals surface area contributed by atoms with Crippen molar-refractivity contribution in [2.45, 2.75) is 32.7 Å². The van der Waals surface area contributed by atoms with E-state index in [-0.39, 0.29) is 11.9 Å². The molecule has 1 amide bonds. The fraction of sp³-hybridized carbons (Fsp3) is 0.438. The first-order chi connectivity index (χ1) is 10.6. The average Bonchev–Trinajstić information content (AvgIpc) is 2.87. The maximum atomic E-state index is 12.4. The monoisotopic (exact) mass is 300 g/mol. The van der Waals surface area contributed by atoms with E-state index in [1.54, 1.807) is 20.0 Å². The van der Waals surface area contributed by atoms with Crippen LogP contribution in [0.1, 0.15) is 34.7 Å². The van der Waals surface area contributed by atoms with E-state index >= 15 is 0 Å². The van der Waals surface area contributed by atoms with E-state index in [2.05, 4.69) is 20.4 Å². The largest absolute Gasteiger partial charge is 0.361 e. The van der Waals surface area contributed by atoms with Crippen LogP contribution < -0.4 is 10.2 Å². The van der Waals surface area contributed by atoms with E-state index < -0.39 is 0 Å². The fourth-order valence-electron chi connectivity index (χ4n) is 2.91. The summed E-state index contributed by atoms with van der Waals surface area (Å²) < 4.78 is 5.06. The number of hydrogen-bond acceptors (Lipinski definition) is 5. The molecule has 0 radical (unpaired) electrons. The second-order valence-corrected chi connectivity index (χ2v) is 5.65. The van der Waals surface area contributed by atoms with Crippen molar-refractivity contribution in [1.29, 1.82) is 0 Å².